The minimum absolute atomic E-state index is 0.186. The molecule has 1 amide bonds. The lowest BCUT2D eigenvalue weighted by atomic mass is 10.1. The molecule has 1 N–H and O–H groups in total. The molecule has 0 radical (unpaired) electrons. The van der Waals surface area contributed by atoms with Crippen molar-refractivity contribution in [1.82, 2.24) is 15.1 Å². The molecule has 0 bridgehead atoms. The highest BCUT2D eigenvalue weighted by Gasteiger charge is 2.10. The topological polar surface area (TPSA) is 73.2 Å². The maximum absolute atomic E-state index is 12.3. The molecule has 0 spiro atoms. The largest absolute Gasteiger partial charge is 0.496 e. The molecule has 6 heteroatoms. The molecule has 25 heavy (non-hydrogen) atoms. The number of amides is 1. The van der Waals surface area contributed by atoms with E-state index in [1.54, 1.807) is 7.11 Å². The molecule has 0 saturated heterocycles. The number of carbonyl (C=O) groups excluding carboxylic acids is 1. The summed E-state index contributed by atoms with van der Waals surface area (Å²) in [7, 11) is 1.64. The van der Waals surface area contributed by atoms with Crippen LogP contribution < -0.4 is 15.6 Å². The van der Waals surface area contributed by atoms with Crippen LogP contribution in [0.5, 0.6) is 5.75 Å². The van der Waals surface area contributed by atoms with E-state index in [9.17, 15) is 9.59 Å². The lowest BCUT2D eigenvalue weighted by Crippen LogP contribution is -2.30. The van der Waals surface area contributed by atoms with Gasteiger partial charge < -0.3 is 10.1 Å². The normalized spacial score (nSPS) is 10.5. The first-order valence-electron chi connectivity index (χ1n) is 8.55. The van der Waals surface area contributed by atoms with Gasteiger partial charge >= 0.3 is 0 Å². The third-order valence-corrected chi connectivity index (χ3v) is 3.94. The van der Waals surface area contributed by atoms with Crippen molar-refractivity contribution in [3.05, 3.63) is 57.5 Å². The van der Waals surface area contributed by atoms with Gasteiger partial charge in [0.25, 0.3) is 11.5 Å². The molecule has 0 aliphatic rings. The summed E-state index contributed by atoms with van der Waals surface area (Å²) < 4.78 is 6.70. The lowest BCUT2D eigenvalue weighted by Gasteiger charge is -2.10. The van der Waals surface area contributed by atoms with E-state index >= 15 is 0 Å². The van der Waals surface area contributed by atoms with Crippen LogP contribution in [0.15, 0.2) is 35.1 Å². The van der Waals surface area contributed by atoms with Crippen molar-refractivity contribution in [2.75, 3.05) is 13.7 Å². The number of aromatic nitrogens is 2. The number of rotatable bonds is 8. The van der Waals surface area contributed by atoms with Crippen molar-refractivity contribution in [3.63, 3.8) is 0 Å². The molecule has 2 rings (SSSR count). The van der Waals surface area contributed by atoms with Gasteiger partial charge in [-0.05, 0) is 37.5 Å². The average molecular weight is 343 g/mol. The summed E-state index contributed by atoms with van der Waals surface area (Å²) in [6, 6.07) is 8.82. The Morgan fingerprint density at radius 1 is 1.28 bits per heavy atom. The number of hydrogen-bond acceptors (Lipinski definition) is 4. The quantitative estimate of drug-likeness (QED) is 0.798. The van der Waals surface area contributed by atoms with Crippen LogP contribution in [0.1, 0.15) is 41.4 Å². The molecule has 6 nitrogen and oxygen atoms in total. The standard InChI is InChI=1S/C19H25N3O3/c1-4-5-12-22-18(23)9-7-16(21-22)19(24)20-11-10-15-13-14(2)6-8-17(15)25-3/h6-9,13H,4-5,10-12H2,1-3H3,(H,20,24). The number of carbonyl (C=O) groups is 1. The van der Waals surface area contributed by atoms with Crippen molar-refractivity contribution >= 4 is 5.91 Å². The highest BCUT2D eigenvalue weighted by Crippen LogP contribution is 2.19. The Bertz CT molecular complexity index is 784. The van der Waals surface area contributed by atoms with Gasteiger partial charge in [0.05, 0.1) is 7.11 Å². The Kier molecular flexibility index (Phi) is 6.74. The molecule has 2 aromatic rings. The predicted molar refractivity (Wildman–Crippen MR) is 97.2 cm³/mol. The smallest absolute Gasteiger partial charge is 0.271 e. The van der Waals surface area contributed by atoms with E-state index in [1.165, 1.54) is 16.8 Å². The van der Waals surface area contributed by atoms with E-state index in [2.05, 4.69) is 10.4 Å². The summed E-state index contributed by atoms with van der Waals surface area (Å²) >= 11 is 0. The number of hydrogen-bond donors (Lipinski definition) is 1. The maximum atomic E-state index is 12.3. The fraction of sp³-hybridized carbons (Fsp3) is 0.421. The van der Waals surface area contributed by atoms with Crippen LogP contribution in [0.2, 0.25) is 0 Å². The number of unbranched alkanes of at least 4 members (excludes halogenated alkanes) is 1. The third-order valence-electron chi connectivity index (χ3n) is 3.94. The highest BCUT2D eigenvalue weighted by molar-refractivity contribution is 5.91. The summed E-state index contributed by atoms with van der Waals surface area (Å²) in [6.45, 7) is 5.05. The zero-order valence-electron chi connectivity index (χ0n) is 15.0. The van der Waals surface area contributed by atoms with Crippen LogP contribution in [0.25, 0.3) is 0 Å². The summed E-state index contributed by atoms with van der Waals surface area (Å²) in [5.41, 5.74) is 2.26. The highest BCUT2D eigenvalue weighted by atomic mass is 16.5. The molecule has 0 aliphatic heterocycles. The van der Waals surface area contributed by atoms with Crippen LogP contribution >= 0.6 is 0 Å². The van der Waals surface area contributed by atoms with Gasteiger partial charge in [-0.15, -0.1) is 0 Å². The maximum Gasteiger partial charge on any atom is 0.271 e. The lowest BCUT2D eigenvalue weighted by molar-refractivity contribution is 0.0946. The van der Waals surface area contributed by atoms with Crippen LogP contribution in [-0.2, 0) is 13.0 Å². The summed E-state index contributed by atoms with van der Waals surface area (Å²) in [5, 5.41) is 7.00. The number of aryl methyl sites for hydroxylation is 2. The van der Waals surface area contributed by atoms with Gasteiger partial charge in [0.2, 0.25) is 0 Å². The minimum atomic E-state index is -0.281. The molecule has 1 aromatic heterocycles. The van der Waals surface area contributed by atoms with Crippen molar-refractivity contribution in [2.24, 2.45) is 0 Å². The van der Waals surface area contributed by atoms with E-state index in [-0.39, 0.29) is 17.2 Å². The molecule has 1 heterocycles. The van der Waals surface area contributed by atoms with Gasteiger partial charge in [0, 0.05) is 19.2 Å². The Morgan fingerprint density at radius 2 is 2.08 bits per heavy atom. The molecule has 0 aliphatic carbocycles. The summed E-state index contributed by atoms with van der Waals surface area (Å²) in [6.07, 6.45) is 2.47. The minimum Gasteiger partial charge on any atom is -0.496 e. The second kappa shape index (κ2) is 9.01. The first kappa shape index (κ1) is 18.7. The summed E-state index contributed by atoms with van der Waals surface area (Å²) in [5.74, 6) is 0.531. The van der Waals surface area contributed by atoms with Crippen molar-refractivity contribution < 1.29 is 9.53 Å². The van der Waals surface area contributed by atoms with Gasteiger partial charge in [0.1, 0.15) is 11.4 Å². The first-order valence-corrected chi connectivity index (χ1v) is 8.55. The van der Waals surface area contributed by atoms with E-state index in [4.69, 9.17) is 4.74 Å². The molecule has 0 unspecified atom stereocenters. The SMILES string of the molecule is CCCCn1nc(C(=O)NCCc2cc(C)ccc2OC)ccc1=O. The molecule has 1 aromatic carbocycles. The number of ether oxygens (including phenoxy) is 1. The van der Waals surface area contributed by atoms with Gasteiger partial charge in [-0.3, -0.25) is 9.59 Å². The van der Waals surface area contributed by atoms with Crippen LogP contribution in [-0.4, -0.2) is 29.3 Å². The van der Waals surface area contributed by atoms with E-state index in [1.807, 2.05) is 32.0 Å². The molecule has 134 valence electrons. The van der Waals surface area contributed by atoms with Crippen LogP contribution in [0, 0.1) is 6.92 Å². The number of benzene rings is 1. The van der Waals surface area contributed by atoms with Crippen LogP contribution in [0.4, 0.5) is 0 Å². The van der Waals surface area contributed by atoms with Gasteiger partial charge in [-0.1, -0.05) is 31.0 Å². The molecule has 0 fully saturated rings. The molecular weight excluding hydrogens is 318 g/mol. The monoisotopic (exact) mass is 343 g/mol. The van der Waals surface area contributed by atoms with Crippen molar-refractivity contribution in [3.8, 4) is 5.75 Å². The van der Waals surface area contributed by atoms with Gasteiger partial charge in [-0.25, -0.2) is 4.68 Å². The Hall–Kier alpha value is -2.63. The molecule has 0 atom stereocenters. The Balaban J connectivity index is 1.99. The third kappa shape index (κ3) is 5.17. The second-order valence-electron chi connectivity index (χ2n) is 5.95. The summed E-state index contributed by atoms with van der Waals surface area (Å²) in [4.78, 5) is 24.0. The van der Waals surface area contributed by atoms with Crippen molar-refractivity contribution in [1.29, 1.82) is 0 Å². The molecule has 0 saturated carbocycles. The number of nitrogens with zero attached hydrogens (tertiary/aromatic N) is 2. The molecular formula is C19H25N3O3. The van der Waals surface area contributed by atoms with E-state index in [0.29, 0.717) is 19.5 Å². The number of nitrogens with one attached hydrogen (secondary N) is 1. The van der Waals surface area contributed by atoms with Crippen LogP contribution in [0.3, 0.4) is 0 Å². The average Bonchev–Trinajstić information content (AvgIpc) is 2.61. The first-order chi connectivity index (χ1) is 12.0. The van der Waals surface area contributed by atoms with Crippen molar-refractivity contribution in [2.45, 2.75) is 39.7 Å². The predicted octanol–water partition coefficient (Wildman–Crippen LogP) is 2.33. The van der Waals surface area contributed by atoms with Gasteiger partial charge in [-0.2, -0.15) is 5.10 Å². The Labute approximate surface area is 147 Å². The fourth-order valence-electron chi connectivity index (χ4n) is 2.54. The van der Waals surface area contributed by atoms with E-state index < -0.39 is 0 Å². The zero-order valence-corrected chi connectivity index (χ0v) is 15.0. The zero-order chi connectivity index (χ0) is 18.2. The van der Waals surface area contributed by atoms with E-state index in [0.717, 1.165) is 29.7 Å². The number of methoxy groups -OCH3 is 1. The second-order valence-corrected chi connectivity index (χ2v) is 5.95. The Morgan fingerprint density at radius 3 is 2.80 bits per heavy atom. The van der Waals surface area contributed by atoms with Gasteiger partial charge in [0.15, 0.2) is 0 Å². The fourth-order valence-corrected chi connectivity index (χ4v) is 2.54.